The summed E-state index contributed by atoms with van der Waals surface area (Å²) in [5, 5.41) is 0. The normalized spacial score (nSPS) is 24.4. The fraction of sp³-hybridized carbons (Fsp3) is 0.773. The number of likely N-dealkylation sites (tertiary alicyclic amines) is 1. The van der Waals surface area contributed by atoms with Crippen molar-refractivity contribution in [2.24, 2.45) is 11.8 Å². The summed E-state index contributed by atoms with van der Waals surface area (Å²) in [5.41, 5.74) is 0.647. The number of sulfone groups is 1. The van der Waals surface area contributed by atoms with E-state index in [0.717, 1.165) is 58.0 Å². The first-order chi connectivity index (χ1) is 14.3. The highest BCUT2D eigenvalue weighted by atomic mass is 32.2. The number of hydrogen-bond donors (Lipinski definition) is 0. The summed E-state index contributed by atoms with van der Waals surface area (Å²) in [5.74, 6) is 1.77. The number of nitrogens with zero attached hydrogens (tertiary/aromatic N) is 4. The van der Waals surface area contributed by atoms with E-state index in [9.17, 15) is 13.2 Å². The van der Waals surface area contributed by atoms with E-state index in [4.69, 9.17) is 4.98 Å². The van der Waals surface area contributed by atoms with Crippen molar-refractivity contribution < 1.29 is 13.2 Å². The average Bonchev–Trinajstić information content (AvgIpc) is 3.27. The maximum absolute atomic E-state index is 12.8. The first-order valence-corrected chi connectivity index (χ1v) is 13.3. The predicted molar refractivity (Wildman–Crippen MR) is 116 cm³/mol. The zero-order valence-corrected chi connectivity index (χ0v) is 19.0. The Morgan fingerprint density at radius 1 is 1.03 bits per heavy atom. The van der Waals surface area contributed by atoms with Crippen molar-refractivity contribution in [1.82, 2.24) is 14.9 Å². The van der Waals surface area contributed by atoms with Crippen LogP contribution in [0.15, 0.2) is 11.1 Å². The molecule has 0 unspecified atom stereocenters. The molecular formula is C22H34N4O3S. The minimum atomic E-state index is -3.41. The first kappa shape index (κ1) is 21.5. The smallest absolute Gasteiger partial charge is 0.225 e. The molecule has 30 heavy (non-hydrogen) atoms. The zero-order valence-electron chi connectivity index (χ0n) is 18.2. The van der Waals surface area contributed by atoms with Gasteiger partial charge in [0, 0.05) is 44.3 Å². The number of hydrogen-bond acceptors (Lipinski definition) is 6. The lowest BCUT2D eigenvalue weighted by molar-refractivity contribution is -0.136. The number of anilines is 1. The van der Waals surface area contributed by atoms with Gasteiger partial charge in [0.2, 0.25) is 11.9 Å². The Kier molecular flexibility index (Phi) is 6.32. The van der Waals surface area contributed by atoms with E-state index in [1.165, 1.54) is 18.9 Å². The molecule has 1 atom stereocenters. The number of rotatable bonds is 4. The Morgan fingerprint density at radius 3 is 2.37 bits per heavy atom. The van der Waals surface area contributed by atoms with Gasteiger partial charge in [0.25, 0.3) is 0 Å². The molecule has 8 heteroatoms. The summed E-state index contributed by atoms with van der Waals surface area (Å²) < 4.78 is 24.8. The molecule has 3 heterocycles. The van der Waals surface area contributed by atoms with Crippen LogP contribution < -0.4 is 4.90 Å². The van der Waals surface area contributed by atoms with Gasteiger partial charge in [0.1, 0.15) is 4.90 Å². The highest BCUT2D eigenvalue weighted by molar-refractivity contribution is 7.90. The Bertz CT molecular complexity index is 874. The van der Waals surface area contributed by atoms with Gasteiger partial charge in [-0.1, -0.05) is 19.8 Å². The second-order valence-electron chi connectivity index (χ2n) is 9.47. The number of carbonyl (C=O) groups excluding carboxylic acids is 1. The molecule has 0 bridgehead atoms. The molecule has 0 aromatic carbocycles. The minimum Gasteiger partial charge on any atom is -0.342 e. The molecule has 1 amide bonds. The van der Waals surface area contributed by atoms with E-state index < -0.39 is 9.84 Å². The number of amides is 1. The number of aromatic nitrogens is 2. The quantitative estimate of drug-likeness (QED) is 0.724. The lowest BCUT2D eigenvalue weighted by Crippen LogP contribution is -2.41. The molecule has 0 N–H and O–H groups in total. The van der Waals surface area contributed by atoms with Crippen molar-refractivity contribution in [3.8, 4) is 0 Å². The fourth-order valence-electron chi connectivity index (χ4n) is 5.28. The van der Waals surface area contributed by atoms with E-state index in [2.05, 4.69) is 16.8 Å². The topological polar surface area (TPSA) is 83.5 Å². The van der Waals surface area contributed by atoms with Crippen LogP contribution in [0.1, 0.15) is 69.9 Å². The minimum absolute atomic E-state index is 0.0475. The van der Waals surface area contributed by atoms with E-state index in [-0.39, 0.29) is 16.7 Å². The second kappa shape index (κ2) is 8.81. The number of piperidine rings is 2. The van der Waals surface area contributed by atoms with Crippen LogP contribution in [0.5, 0.6) is 0 Å². The van der Waals surface area contributed by atoms with Gasteiger partial charge < -0.3 is 9.80 Å². The van der Waals surface area contributed by atoms with Crippen molar-refractivity contribution in [2.45, 2.75) is 69.1 Å². The summed E-state index contributed by atoms with van der Waals surface area (Å²) in [4.78, 5) is 26.4. The summed E-state index contributed by atoms with van der Waals surface area (Å²) >= 11 is 0. The van der Waals surface area contributed by atoms with Gasteiger partial charge in [0.05, 0.1) is 11.9 Å². The standard InChI is InChI=1S/C22H34N4O3S/c1-16-6-5-11-26(15-16)22-23-14-19(30(2,28)29)20(24-22)17-9-12-25(13-10-17)21(27)18-7-3-4-8-18/h14,16-18H,3-13,15H2,1-2H3/t16-/m1/s1. The van der Waals surface area contributed by atoms with Crippen LogP contribution in [0.2, 0.25) is 0 Å². The second-order valence-corrected chi connectivity index (χ2v) is 11.5. The Morgan fingerprint density at radius 2 is 1.73 bits per heavy atom. The Labute approximate surface area is 180 Å². The third-order valence-electron chi connectivity index (χ3n) is 7.01. The third-order valence-corrected chi connectivity index (χ3v) is 8.12. The molecule has 1 aromatic rings. The monoisotopic (exact) mass is 434 g/mol. The van der Waals surface area contributed by atoms with Crippen LogP contribution in [-0.2, 0) is 14.6 Å². The predicted octanol–water partition coefficient (Wildman–Crippen LogP) is 3.01. The van der Waals surface area contributed by atoms with Gasteiger partial charge >= 0.3 is 0 Å². The molecule has 3 aliphatic rings. The highest BCUT2D eigenvalue weighted by Crippen LogP contribution is 2.34. The maximum atomic E-state index is 12.8. The molecule has 4 rings (SSSR count). The largest absolute Gasteiger partial charge is 0.342 e. The van der Waals surface area contributed by atoms with Gasteiger partial charge in [-0.2, -0.15) is 0 Å². The molecule has 1 saturated carbocycles. The van der Waals surface area contributed by atoms with Gasteiger partial charge in [-0.3, -0.25) is 4.79 Å². The zero-order chi connectivity index (χ0) is 21.3. The summed E-state index contributed by atoms with van der Waals surface area (Å²) in [6.07, 6.45) is 10.9. The molecule has 2 aliphatic heterocycles. The van der Waals surface area contributed by atoms with Gasteiger partial charge in [-0.15, -0.1) is 0 Å². The Hall–Kier alpha value is -1.70. The molecule has 0 radical (unpaired) electrons. The lowest BCUT2D eigenvalue weighted by atomic mass is 9.92. The highest BCUT2D eigenvalue weighted by Gasteiger charge is 2.33. The van der Waals surface area contributed by atoms with Crippen molar-refractivity contribution in [1.29, 1.82) is 0 Å². The molecule has 2 saturated heterocycles. The van der Waals surface area contributed by atoms with Gasteiger partial charge in [-0.25, -0.2) is 18.4 Å². The fourth-order valence-corrected chi connectivity index (χ4v) is 6.12. The van der Waals surface area contributed by atoms with Crippen LogP contribution >= 0.6 is 0 Å². The van der Waals surface area contributed by atoms with Crippen molar-refractivity contribution >= 4 is 21.7 Å². The van der Waals surface area contributed by atoms with E-state index >= 15 is 0 Å². The lowest BCUT2D eigenvalue weighted by Gasteiger charge is -2.35. The molecule has 1 aliphatic carbocycles. The van der Waals surface area contributed by atoms with Crippen molar-refractivity contribution in [3.05, 3.63) is 11.9 Å². The number of carbonyl (C=O) groups is 1. The van der Waals surface area contributed by atoms with Crippen LogP contribution in [0, 0.1) is 11.8 Å². The first-order valence-electron chi connectivity index (χ1n) is 11.4. The third kappa shape index (κ3) is 4.63. The van der Waals surface area contributed by atoms with Gasteiger partial charge in [-0.05, 0) is 44.4 Å². The average molecular weight is 435 g/mol. The van der Waals surface area contributed by atoms with Crippen LogP contribution in [-0.4, -0.2) is 61.6 Å². The van der Waals surface area contributed by atoms with E-state index in [1.807, 2.05) is 4.90 Å². The van der Waals surface area contributed by atoms with Gasteiger partial charge in [0.15, 0.2) is 9.84 Å². The Balaban J connectivity index is 1.53. The molecular weight excluding hydrogens is 400 g/mol. The summed E-state index contributed by atoms with van der Waals surface area (Å²) in [7, 11) is -3.41. The molecule has 166 valence electrons. The SMILES string of the molecule is C[C@@H]1CCCN(c2ncc(S(C)(=O)=O)c(C3CCN(C(=O)C4CCCC4)CC3)n2)C1. The molecule has 3 fully saturated rings. The maximum Gasteiger partial charge on any atom is 0.225 e. The van der Waals surface area contributed by atoms with Crippen LogP contribution in [0.25, 0.3) is 0 Å². The van der Waals surface area contributed by atoms with E-state index in [1.54, 1.807) is 0 Å². The van der Waals surface area contributed by atoms with Crippen molar-refractivity contribution in [3.63, 3.8) is 0 Å². The van der Waals surface area contributed by atoms with E-state index in [0.29, 0.717) is 36.6 Å². The van der Waals surface area contributed by atoms with Crippen molar-refractivity contribution in [2.75, 3.05) is 37.3 Å². The molecule has 7 nitrogen and oxygen atoms in total. The van der Waals surface area contributed by atoms with Crippen LogP contribution in [0.3, 0.4) is 0 Å². The van der Waals surface area contributed by atoms with Crippen LogP contribution in [0.4, 0.5) is 5.95 Å². The molecule has 1 aromatic heterocycles. The molecule has 0 spiro atoms. The summed E-state index contributed by atoms with van der Waals surface area (Å²) in [6, 6.07) is 0. The summed E-state index contributed by atoms with van der Waals surface area (Å²) in [6.45, 7) is 5.42.